The molecule has 1 heterocycles. The summed E-state index contributed by atoms with van der Waals surface area (Å²) in [6.07, 6.45) is 1.14. The molecule has 0 saturated heterocycles. The molecule has 13 heavy (non-hydrogen) atoms. The van der Waals surface area contributed by atoms with Gasteiger partial charge in [-0.25, -0.2) is 0 Å². The lowest BCUT2D eigenvalue weighted by atomic mass is 10.1. The van der Waals surface area contributed by atoms with E-state index in [1.165, 1.54) is 0 Å². The van der Waals surface area contributed by atoms with E-state index in [0.29, 0.717) is 19.4 Å². The third-order valence-corrected chi connectivity index (χ3v) is 2.68. The molecule has 0 radical (unpaired) electrons. The van der Waals surface area contributed by atoms with E-state index in [1.54, 1.807) is 0 Å². The summed E-state index contributed by atoms with van der Waals surface area (Å²) in [5.41, 5.74) is 1.08. The van der Waals surface area contributed by atoms with E-state index in [4.69, 9.17) is 4.74 Å². The first-order chi connectivity index (χ1) is 6.25. The molecule has 70 valence electrons. The average Bonchev–Trinajstić information content (AvgIpc) is 2.25. The first kappa shape index (κ1) is 9.03. The van der Waals surface area contributed by atoms with Crippen molar-refractivity contribution in [2.75, 3.05) is 6.61 Å². The van der Waals surface area contributed by atoms with Crippen LogP contribution in [0.3, 0.4) is 0 Å². The van der Waals surface area contributed by atoms with Crippen LogP contribution in [0.4, 0.5) is 0 Å². The quantitative estimate of drug-likeness (QED) is 0.756. The molecule has 0 bridgehead atoms. The Morgan fingerprint density at radius 2 is 2.31 bits per heavy atom. The normalized spacial score (nSPS) is 21.5. The standard InChI is InChI=1S/C10H11BrO2/c11-8-1-2-10-7(5-8)6-9(12)3-4-13-10/h1-2,5,9,12H,3-4,6H2. The summed E-state index contributed by atoms with van der Waals surface area (Å²) in [6.45, 7) is 0.607. The van der Waals surface area contributed by atoms with E-state index in [-0.39, 0.29) is 6.10 Å². The van der Waals surface area contributed by atoms with Gasteiger partial charge < -0.3 is 9.84 Å². The zero-order chi connectivity index (χ0) is 9.26. The monoisotopic (exact) mass is 242 g/mol. The molecular weight excluding hydrogens is 232 g/mol. The molecule has 2 nitrogen and oxygen atoms in total. The SMILES string of the molecule is OC1CCOc2ccc(Br)cc2C1. The summed E-state index contributed by atoms with van der Waals surface area (Å²) < 4.78 is 6.52. The van der Waals surface area contributed by atoms with Crippen molar-refractivity contribution in [1.82, 2.24) is 0 Å². The van der Waals surface area contributed by atoms with Gasteiger partial charge in [0.25, 0.3) is 0 Å². The number of aliphatic hydroxyl groups is 1. The molecule has 1 atom stereocenters. The Morgan fingerprint density at radius 3 is 3.15 bits per heavy atom. The van der Waals surface area contributed by atoms with Gasteiger partial charge >= 0.3 is 0 Å². The zero-order valence-corrected chi connectivity index (χ0v) is 8.75. The van der Waals surface area contributed by atoms with Gasteiger partial charge in [0.15, 0.2) is 0 Å². The fraction of sp³-hybridized carbons (Fsp3) is 0.400. The minimum Gasteiger partial charge on any atom is -0.493 e. The predicted octanol–water partition coefficient (Wildman–Crippen LogP) is 2.13. The Balaban J connectivity index is 2.35. The molecule has 1 aromatic rings. The van der Waals surface area contributed by atoms with Gasteiger partial charge in [-0.1, -0.05) is 15.9 Å². The smallest absolute Gasteiger partial charge is 0.122 e. The molecule has 0 aliphatic carbocycles. The van der Waals surface area contributed by atoms with Crippen molar-refractivity contribution < 1.29 is 9.84 Å². The molecule has 0 amide bonds. The molecule has 1 aliphatic rings. The summed E-state index contributed by atoms with van der Waals surface area (Å²) >= 11 is 3.40. The van der Waals surface area contributed by atoms with Crippen molar-refractivity contribution >= 4 is 15.9 Å². The fourth-order valence-electron chi connectivity index (χ4n) is 1.51. The molecule has 1 aromatic carbocycles. The maximum atomic E-state index is 9.53. The Morgan fingerprint density at radius 1 is 1.46 bits per heavy atom. The fourth-order valence-corrected chi connectivity index (χ4v) is 1.92. The number of benzene rings is 1. The summed E-state index contributed by atoms with van der Waals surface area (Å²) in [7, 11) is 0. The summed E-state index contributed by atoms with van der Waals surface area (Å²) in [6, 6.07) is 5.90. The number of hydrogen-bond acceptors (Lipinski definition) is 2. The number of fused-ring (bicyclic) bond motifs is 1. The van der Waals surface area contributed by atoms with Gasteiger partial charge in [-0.3, -0.25) is 0 Å². The number of rotatable bonds is 0. The second kappa shape index (κ2) is 3.68. The van der Waals surface area contributed by atoms with Gasteiger partial charge in [-0.2, -0.15) is 0 Å². The van der Waals surface area contributed by atoms with Crippen LogP contribution in [0.2, 0.25) is 0 Å². The lowest BCUT2D eigenvalue weighted by Gasteiger charge is -2.06. The van der Waals surface area contributed by atoms with Crippen LogP contribution in [-0.2, 0) is 6.42 Å². The van der Waals surface area contributed by atoms with Crippen LogP contribution in [0.1, 0.15) is 12.0 Å². The average molecular weight is 243 g/mol. The van der Waals surface area contributed by atoms with E-state index in [2.05, 4.69) is 15.9 Å². The minimum absolute atomic E-state index is 0.268. The van der Waals surface area contributed by atoms with Crippen molar-refractivity contribution in [3.05, 3.63) is 28.2 Å². The van der Waals surface area contributed by atoms with E-state index in [9.17, 15) is 5.11 Å². The number of halogens is 1. The van der Waals surface area contributed by atoms with Crippen LogP contribution in [0.5, 0.6) is 5.75 Å². The number of hydrogen-bond donors (Lipinski definition) is 1. The van der Waals surface area contributed by atoms with Crippen LogP contribution >= 0.6 is 15.9 Å². The Bertz CT molecular complexity index is 312. The molecule has 3 heteroatoms. The van der Waals surface area contributed by atoms with Gasteiger partial charge in [-0.05, 0) is 23.8 Å². The summed E-state index contributed by atoms with van der Waals surface area (Å²) in [4.78, 5) is 0. The topological polar surface area (TPSA) is 29.5 Å². The molecule has 1 unspecified atom stereocenters. The second-order valence-electron chi connectivity index (χ2n) is 3.25. The van der Waals surface area contributed by atoms with E-state index in [0.717, 1.165) is 15.8 Å². The van der Waals surface area contributed by atoms with Crippen LogP contribution in [0.25, 0.3) is 0 Å². The summed E-state index contributed by atoms with van der Waals surface area (Å²) in [5, 5.41) is 9.53. The van der Waals surface area contributed by atoms with Crippen molar-refractivity contribution in [2.24, 2.45) is 0 Å². The summed E-state index contributed by atoms with van der Waals surface area (Å²) in [5.74, 6) is 0.903. The molecular formula is C10H11BrO2. The minimum atomic E-state index is -0.268. The van der Waals surface area contributed by atoms with Crippen molar-refractivity contribution in [3.63, 3.8) is 0 Å². The van der Waals surface area contributed by atoms with E-state index < -0.39 is 0 Å². The highest BCUT2D eigenvalue weighted by molar-refractivity contribution is 9.10. The first-order valence-electron chi connectivity index (χ1n) is 4.35. The van der Waals surface area contributed by atoms with E-state index >= 15 is 0 Å². The lowest BCUT2D eigenvalue weighted by molar-refractivity contribution is 0.150. The molecule has 2 rings (SSSR count). The van der Waals surface area contributed by atoms with Gasteiger partial charge in [0.1, 0.15) is 5.75 Å². The second-order valence-corrected chi connectivity index (χ2v) is 4.16. The number of ether oxygens (including phenoxy) is 1. The largest absolute Gasteiger partial charge is 0.493 e. The van der Waals surface area contributed by atoms with Crippen molar-refractivity contribution in [3.8, 4) is 5.75 Å². The van der Waals surface area contributed by atoms with Gasteiger partial charge in [0, 0.05) is 17.3 Å². The lowest BCUT2D eigenvalue weighted by Crippen LogP contribution is -2.10. The maximum Gasteiger partial charge on any atom is 0.122 e. The van der Waals surface area contributed by atoms with Crippen molar-refractivity contribution in [2.45, 2.75) is 18.9 Å². The van der Waals surface area contributed by atoms with Crippen LogP contribution < -0.4 is 4.74 Å². The third-order valence-electron chi connectivity index (χ3n) is 2.19. The van der Waals surface area contributed by atoms with Crippen LogP contribution in [0.15, 0.2) is 22.7 Å². The van der Waals surface area contributed by atoms with Gasteiger partial charge in [-0.15, -0.1) is 0 Å². The maximum absolute atomic E-state index is 9.53. The molecule has 1 aliphatic heterocycles. The number of aliphatic hydroxyl groups excluding tert-OH is 1. The predicted molar refractivity (Wildman–Crippen MR) is 54.0 cm³/mol. The molecule has 1 N–H and O–H groups in total. The van der Waals surface area contributed by atoms with Crippen LogP contribution in [0, 0.1) is 0 Å². The highest BCUT2D eigenvalue weighted by atomic mass is 79.9. The highest BCUT2D eigenvalue weighted by Gasteiger charge is 2.15. The molecule has 0 aromatic heterocycles. The highest BCUT2D eigenvalue weighted by Crippen LogP contribution is 2.27. The van der Waals surface area contributed by atoms with E-state index in [1.807, 2.05) is 18.2 Å². The Labute approximate surface area is 85.7 Å². The van der Waals surface area contributed by atoms with Gasteiger partial charge in [0.05, 0.1) is 12.7 Å². The molecule has 0 fully saturated rings. The van der Waals surface area contributed by atoms with Crippen molar-refractivity contribution in [1.29, 1.82) is 0 Å². The Hall–Kier alpha value is -0.540. The Kier molecular flexibility index (Phi) is 2.56. The van der Waals surface area contributed by atoms with Gasteiger partial charge in [0.2, 0.25) is 0 Å². The van der Waals surface area contributed by atoms with Crippen LogP contribution in [-0.4, -0.2) is 17.8 Å². The third kappa shape index (κ3) is 2.03. The molecule has 0 saturated carbocycles. The first-order valence-corrected chi connectivity index (χ1v) is 5.14. The molecule has 0 spiro atoms. The zero-order valence-electron chi connectivity index (χ0n) is 7.16.